The minimum Gasteiger partial charge on any atom is -0.497 e. The Kier molecular flexibility index (Phi) is 11.7. The number of hydrogen-bond acceptors (Lipinski definition) is 10. The van der Waals surface area contributed by atoms with E-state index < -0.39 is 41.7 Å². The summed E-state index contributed by atoms with van der Waals surface area (Å²) in [4.78, 5) is 30.2. The van der Waals surface area contributed by atoms with Gasteiger partial charge in [-0.05, 0) is 59.2 Å². The van der Waals surface area contributed by atoms with Crippen LogP contribution in [0.1, 0.15) is 33.3 Å². The highest BCUT2D eigenvalue weighted by atomic mass is 16.6. The maximum absolute atomic E-state index is 13.4. The van der Waals surface area contributed by atoms with Gasteiger partial charge in [-0.25, -0.2) is 4.79 Å². The van der Waals surface area contributed by atoms with E-state index >= 15 is 0 Å². The lowest BCUT2D eigenvalue weighted by Crippen LogP contribution is -2.41. The molecule has 0 radical (unpaired) electrons. The molecule has 52 heavy (non-hydrogen) atoms. The highest BCUT2D eigenvalue weighted by Crippen LogP contribution is 2.43. The molecule has 1 aliphatic rings. The lowest BCUT2D eigenvalue weighted by molar-refractivity contribution is -0.0993. The quantitative estimate of drug-likeness (QED) is 0.115. The van der Waals surface area contributed by atoms with Crippen molar-refractivity contribution in [1.82, 2.24) is 9.55 Å². The second-order valence-corrected chi connectivity index (χ2v) is 12.0. The Labute approximate surface area is 301 Å². The van der Waals surface area contributed by atoms with Crippen molar-refractivity contribution in [3.8, 4) is 11.5 Å². The first-order valence-electron chi connectivity index (χ1n) is 16.8. The molecule has 3 unspecified atom stereocenters. The maximum atomic E-state index is 13.4. The smallest absolute Gasteiger partial charge is 0.351 e. The van der Waals surface area contributed by atoms with E-state index in [0.29, 0.717) is 17.1 Å². The first-order chi connectivity index (χ1) is 25.4. The number of benzene rings is 4. The number of aliphatic hydroxyl groups excluding tert-OH is 1. The zero-order valence-electron chi connectivity index (χ0n) is 29.1. The van der Waals surface area contributed by atoms with Crippen molar-refractivity contribution in [1.29, 1.82) is 0 Å². The molecule has 6 rings (SSSR count). The van der Waals surface area contributed by atoms with Crippen molar-refractivity contribution in [3.63, 3.8) is 0 Å². The Bertz CT molecular complexity index is 1910. The summed E-state index contributed by atoms with van der Waals surface area (Å²) < 4.78 is 36.8. The van der Waals surface area contributed by atoms with E-state index in [1.54, 1.807) is 44.6 Å². The largest absolute Gasteiger partial charge is 0.497 e. The molecule has 1 aliphatic heterocycles. The molecule has 1 saturated heterocycles. The number of nitrogens with zero attached hydrogens (tertiary/aromatic N) is 2. The zero-order chi connectivity index (χ0) is 36.5. The molecule has 2 heterocycles. The second kappa shape index (κ2) is 16.8. The number of anilines is 1. The van der Waals surface area contributed by atoms with Gasteiger partial charge in [-0.2, -0.15) is 4.98 Å². The van der Waals surface area contributed by atoms with Crippen LogP contribution >= 0.6 is 0 Å². The molecule has 12 nitrogen and oxygen atoms in total. The van der Waals surface area contributed by atoms with Crippen LogP contribution < -0.4 is 20.5 Å². The minimum atomic E-state index is -1.22. The van der Waals surface area contributed by atoms with Crippen molar-refractivity contribution in [2.75, 3.05) is 46.5 Å². The zero-order valence-corrected chi connectivity index (χ0v) is 29.1. The number of carbonyl (C=O) groups is 1. The monoisotopic (exact) mass is 707 g/mol. The van der Waals surface area contributed by atoms with Crippen LogP contribution in [-0.2, 0) is 24.5 Å². The van der Waals surface area contributed by atoms with Crippen LogP contribution in [0, 0.1) is 0 Å². The van der Waals surface area contributed by atoms with Crippen molar-refractivity contribution in [3.05, 3.63) is 154 Å². The third kappa shape index (κ3) is 7.76. The molecule has 5 aromatic rings. The van der Waals surface area contributed by atoms with E-state index in [9.17, 15) is 14.7 Å². The first kappa shape index (κ1) is 36.4. The molecule has 1 amide bonds. The summed E-state index contributed by atoms with van der Waals surface area (Å²) in [5, 5.41) is 14.4. The van der Waals surface area contributed by atoms with Crippen molar-refractivity contribution < 1.29 is 38.3 Å². The van der Waals surface area contributed by atoms with Gasteiger partial charge in [0, 0.05) is 18.9 Å². The summed E-state index contributed by atoms with van der Waals surface area (Å²) in [7, 11) is 4.75. The Morgan fingerprint density at radius 1 is 0.808 bits per heavy atom. The maximum Gasteiger partial charge on any atom is 0.351 e. The fraction of sp³-hybridized carbons (Fsp3) is 0.275. The summed E-state index contributed by atoms with van der Waals surface area (Å²) >= 11 is 0. The minimum absolute atomic E-state index is 0.0667. The molecule has 0 spiro atoms. The van der Waals surface area contributed by atoms with Crippen LogP contribution in [0.5, 0.6) is 11.5 Å². The van der Waals surface area contributed by atoms with Gasteiger partial charge in [-0.1, -0.05) is 72.8 Å². The lowest BCUT2D eigenvalue weighted by atomic mass is 9.80. The summed E-state index contributed by atoms with van der Waals surface area (Å²) in [6.07, 6.45) is -2.77. The van der Waals surface area contributed by atoms with Crippen LogP contribution in [0.25, 0.3) is 0 Å². The van der Waals surface area contributed by atoms with Gasteiger partial charge in [-0.3, -0.25) is 9.36 Å². The summed E-state index contributed by atoms with van der Waals surface area (Å²) in [5.41, 5.74) is 0.965. The van der Waals surface area contributed by atoms with Gasteiger partial charge in [0.1, 0.15) is 41.2 Å². The van der Waals surface area contributed by atoms with E-state index in [4.69, 9.17) is 28.4 Å². The van der Waals surface area contributed by atoms with Crippen molar-refractivity contribution in [2.45, 2.75) is 30.1 Å². The van der Waals surface area contributed by atoms with E-state index in [-0.39, 0.29) is 25.6 Å². The number of aromatic nitrogens is 2. The average Bonchev–Trinajstić information content (AvgIpc) is 3.50. The number of methoxy groups -OCH3 is 3. The van der Waals surface area contributed by atoms with Gasteiger partial charge in [0.2, 0.25) is 0 Å². The third-order valence-electron chi connectivity index (χ3n) is 8.93. The van der Waals surface area contributed by atoms with E-state index in [1.807, 2.05) is 78.9 Å². The number of ether oxygens (including phenoxy) is 6. The fourth-order valence-corrected chi connectivity index (χ4v) is 6.26. The molecule has 0 bridgehead atoms. The first-order valence-corrected chi connectivity index (χ1v) is 16.8. The third-order valence-corrected chi connectivity index (χ3v) is 8.93. The second-order valence-electron chi connectivity index (χ2n) is 12.0. The number of carbonyl (C=O) groups excluding carboxylic acids is 1. The topological polar surface area (TPSA) is 140 Å². The van der Waals surface area contributed by atoms with Crippen LogP contribution in [0.3, 0.4) is 0 Å². The molecule has 4 atom stereocenters. The van der Waals surface area contributed by atoms with Crippen molar-refractivity contribution in [2.24, 2.45) is 0 Å². The predicted molar refractivity (Wildman–Crippen MR) is 193 cm³/mol. The highest BCUT2D eigenvalue weighted by molar-refractivity contribution is 6.03. The van der Waals surface area contributed by atoms with Gasteiger partial charge in [0.25, 0.3) is 5.91 Å². The molecule has 1 fully saturated rings. The fourth-order valence-electron chi connectivity index (χ4n) is 6.26. The molecular formula is C40H41N3O9. The van der Waals surface area contributed by atoms with Gasteiger partial charge in [0.15, 0.2) is 6.23 Å². The Hall–Kier alpha value is -5.37. The molecule has 12 heteroatoms. The summed E-state index contributed by atoms with van der Waals surface area (Å²) in [6, 6.07) is 35.0. The molecule has 4 aromatic carbocycles. The summed E-state index contributed by atoms with van der Waals surface area (Å²) in [5.74, 6) is 1.01. The molecule has 0 aliphatic carbocycles. The van der Waals surface area contributed by atoms with Gasteiger partial charge < -0.3 is 38.8 Å². The predicted octanol–water partition coefficient (Wildman–Crippen LogP) is 4.81. The van der Waals surface area contributed by atoms with Crippen LogP contribution in [0.2, 0.25) is 0 Å². The van der Waals surface area contributed by atoms with Crippen LogP contribution in [0.15, 0.2) is 126 Å². The Balaban J connectivity index is 1.33. The number of hydrogen-bond donors (Lipinski definition) is 2. The van der Waals surface area contributed by atoms with E-state index in [0.717, 1.165) is 16.7 Å². The van der Waals surface area contributed by atoms with E-state index in [1.165, 1.54) is 23.9 Å². The number of rotatable bonds is 15. The molecule has 0 saturated carbocycles. The summed E-state index contributed by atoms with van der Waals surface area (Å²) in [6.45, 7) is 0.271. The Morgan fingerprint density at radius 2 is 1.38 bits per heavy atom. The standard InChI is InChI=1S/C40H41N3O9/c1-47-24-25-50-36-35(44)33(52-38(36)43-23-22-34(42-39(43)46)41-37(45)27-10-6-4-7-11-27)26-51-40(28-12-8-5-9-13-28,29-14-18-31(48-2)19-15-29)30-16-20-32(49-3)21-17-30/h4-23,33,35-36,38,44H,24-26H2,1-3H3,(H,41,42,45,46)/t33?,35-,36?,38?/m1/s1. The van der Waals surface area contributed by atoms with Crippen molar-refractivity contribution >= 4 is 11.7 Å². The molecule has 270 valence electrons. The molecule has 1 aromatic heterocycles. The van der Waals surface area contributed by atoms with Gasteiger partial charge in [0.05, 0.1) is 34.0 Å². The van der Waals surface area contributed by atoms with E-state index in [2.05, 4.69) is 10.3 Å². The average molecular weight is 708 g/mol. The van der Waals surface area contributed by atoms with Crippen LogP contribution in [0.4, 0.5) is 5.82 Å². The highest BCUT2D eigenvalue weighted by Gasteiger charge is 2.48. The molecular weight excluding hydrogens is 666 g/mol. The Morgan fingerprint density at radius 3 is 1.94 bits per heavy atom. The lowest BCUT2D eigenvalue weighted by Gasteiger charge is -2.37. The number of aliphatic hydroxyl groups is 1. The number of nitrogens with one attached hydrogen (secondary N) is 1. The molecule has 2 N–H and O–H groups in total. The van der Waals surface area contributed by atoms with Crippen LogP contribution in [-0.4, -0.2) is 80.0 Å². The number of amides is 1. The SMILES string of the molecule is COCCOC1C(n2ccc(NC(=O)c3ccccc3)nc2=O)OC(COC(c2ccccc2)(c2ccc(OC)cc2)c2ccc(OC)cc2)[C@H]1O. The van der Waals surface area contributed by atoms with Gasteiger partial charge in [-0.15, -0.1) is 0 Å². The normalized spacial score (nSPS) is 18.5. The van der Waals surface area contributed by atoms with Gasteiger partial charge >= 0.3 is 5.69 Å².